The average molecular weight is 1260 g/mol. The van der Waals surface area contributed by atoms with E-state index in [1.807, 2.05) is 12.1 Å². The molecule has 0 aliphatic heterocycles. The maximum absolute atomic E-state index is 7.25. The molecule has 0 nitrogen and oxygen atoms in total. The van der Waals surface area contributed by atoms with Crippen LogP contribution in [0.5, 0.6) is 0 Å². The number of benzene rings is 8. The van der Waals surface area contributed by atoms with Crippen LogP contribution in [0.4, 0.5) is 0 Å². The van der Waals surface area contributed by atoms with E-state index in [0.717, 1.165) is 11.1 Å². The van der Waals surface area contributed by atoms with Crippen molar-refractivity contribution in [3.8, 4) is 34.1 Å². The molecular formula is C62H56Au2P2+2. The smallest absolute Gasteiger partial charge is 0.366 e. The Kier molecular flexibility index (Phi) is 17.9. The molecule has 0 saturated heterocycles. The zero-order valence-electron chi connectivity index (χ0n) is 38.1. The van der Waals surface area contributed by atoms with Gasteiger partial charge in [-0.25, -0.2) is 0 Å². The minimum Gasteiger partial charge on any atom is -0.366 e. The predicted octanol–water partition coefficient (Wildman–Crippen LogP) is 13.4. The molecule has 0 atom stereocenters. The molecule has 0 unspecified atom stereocenters. The minimum absolute atomic E-state index is 0. The van der Waals surface area contributed by atoms with Gasteiger partial charge in [0.2, 0.25) is 0 Å². The first kappa shape index (κ1) is 50.6. The van der Waals surface area contributed by atoms with Crippen molar-refractivity contribution in [2.75, 3.05) is 12.3 Å². The summed E-state index contributed by atoms with van der Waals surface area (Å²) in [6, 6.07) is 74.0. The van der Waals surface area contributed by atoms with Gasteiger partial charge in [-0.05, 0) is 106 Å². The summed E-state index contributed by atoms with van der Waals surface area (Å²) in [6.07, 6.45) is 19.7. The Morgan fingerprint density at radius 1 is 0.348 bits per heavy atom. The number of hydrogen-bond acceptors (Lipinski definition) is 0. The molecule has 0 heterocycles. The van der Waals surface area contributed by atoms with E-state index in [0.29, 0.717) is 0 Å². The standard InChI is InChI=1S/C28H28P2.2C17H13.2Au/c1-5-15-25(16-6-1)29(26-17-7-2-8-18-26)23-13-14-24-30(27-19-9-3-10-20-27)28-21-11-4-12-22-28;1-4-12-9-10-16-14(11-12)13-7-5-6-8-15(13)17(16,2)3;1-4-12-9-10-14-13-7-5-6-8-15(13)17(2,3)16(14)11-12;;/h1-12,15-22H,13-14,23-24H2;2*5-11H,2-3H3;;/q;2*-1;2*+1/p+2. The van der Waals surface area contributed by atoms with Gasteiger partial charge in [-0.15, -0.1) is 35.4 Å². The maximum atomic E-state index is 7.25. The molecule has 0 saturated carbocycles. The fraction of sp³-hybridized carbons (Fsp3) is 0.161. The fourth-order valence-corrected chi connectivity index (χ4v) is 15.1. The molecule has 0 fully saturated rings. The quantitative estimate of drug-likeness (QED) is 0.0444. The summed E-state index contributed by atoms with van der Waals surface area (Å²) in [5, 5.41) is 6.13. The van der Waals surface area contributed by atoms with Crippen molar-refractivity contribution in [2.24, 2.45) is 0 Å². The Morgan fingerprint density at radius 2 is 0.667 bits per heavy atom. The van der Waals surface area contributed by atoms with Crippen LogP contribution in [-0.4, -0.2) is 12.3 Å². The van der Waals surface area contributed by atoms with Crippen LogP contribution in [0.1, 0.15) is 73.9 Å². The molecule has 8 aromatic rings. The number of rotatable bonds is 9. The Bertz CT molecular complexity index is 2750. The molecule has 4 heteroatoms. The van der Waals surface area contributed by atoms with Crippen molar-refractivity contribution >= 4 is 37.1 Å². The molecule has 66 heavy (non-hydrogen) atoms. The van der Waals surface area contributed by atoms with Crippen LogP contribution >= 0.6 is 15.8 Å². The molecule has 0 amide bonds. The van der Waals surface area contributed by atoms with Crippen molar-refractivity contribution in [3.05, 3.63) is 252 Å². The average Bonchev–Trinajstić information content (AvgIpc) is 3.72. The normalized spacial score (nSPS) is 12.7. The molecule has 2 aliphatic carbocycles. The first-order valence-electron chi connectivity index (χ1n) is 22.5. The number of unbranched alkanes of at least 4 members (excludes halogenated alkanes) is 1. The molecule has 0 N–H and O–H groups in total. The van der Waals surface area contributed by atoms with E-state index < -0.39 is 15.8 Å². The third-order valence-corrected chi connectivity index (χ3v) is 18.9. The summed E-state index contributed by atoms with van der Waals surface area (Å²) in [7, 11) is -1.43. The van der Waals surface area contributed by atoms with Crippen LogP contribution in [-0.2, 0) is 55.6 Å². The summed E-state index contributed by atoms with van der Waals surface area (Å²) in [6.45, 7) is 8.99. The Balaban J connectivity index is 0.000000172. The van der Waals surface area contributed by atoms with Crippen molar-refractivity contribution in [1.29, 1.82) is 0 Å². The first-order valence-corrected chi connectivity index (χ1v) is 25.9. The van der Waals surface area contributed by atoms with Crippen molar-refractivity contribution in [2.45, 2.75) is 51.4 Å². The van der Waals surface area contributed by atoms with Gasteiger partial charge < -0.3 is 12.8 Å². The predicted molar refractivity (Wildman–Crippen MR) is 280 cm³/mol. The summed E-state index contributed by atoms with van der Waals surface area (Å²) >= 11 is 0. The van der Waals surface area contributed by atoms with Crippen LogP contribution < -0.4 is 21.2 Å². The van der Waals surface area contributed by atoms with E-state index >= 15 is 0 Å². The van der Waals surface area contributed by atoms with Crippen LogP contribution in [0.15, 0.2) is 206 Å². The molecule has 8 aromatic carbocycles. The second-order valence-corrected chi connectivity index (χ2v) is 23.0. The molecule has 334 valence electrons. The van der Waals surface area contributed by atoms with Crippen LogP contribution in [0.2, 0.25) is 0 Å². The van der Waals surface area contributed by atoms with Crippen molar-refractivity contribution in [3.63, 3.8) is 0 Å². The number of hydrogen-bond donors (Lipinski definition) is 0. The van der Waals surface area contributed by atoms with E-state index in [1.165, 1.54) is 90.9 Å². The Morgan fingerprint density at radius 3 is 1.09 bits per heavy atom. The second-order valence-electron chi connectivity index (χ2n) is 17.7. The molecule has 0 bridgehead atoms. The minimum atomic E-state index is -0.714. The Hall–Kier alpha value is -4.78. The molecule has 10 rings (SSSR count). The maximum Gasteiger partial charge on any atom is 1.00 e. The number of fused-ring (bicyclic) bond motifs is 6. The SMILES string of the molecule is [Au+].[Au+].[C-]#Cc1ccc2c(c1)-c1ccccc1C2(C)C.[C-]#Cc1ccc2c(c1)C(C)(C)c1ccccc1-2.c1ccc([PH+](CCCC[PH+](c2ccccc2)c2ccccc2)c2ccccc2)cc1. The monoisotopic (exact) mass is 1260 g/mol. The molecular weight excluding hydrogens is 1200 g/mol. The van der Waals surface area contributed by atoms with Gasteiger partial charge in [-0.1, -0.05) is 161 Å². The first-order chi connectivity index (χ1) is 31.2. The third kappa shape index (κ3) is 11.1. The fourth-order valence-electron chi connectivity index (χ4n) is 9.65. The Labute approximate surface area is 428 Å². The van der Waals surface area contributed by atoms with Gasteiger partial charge in [0.25, 0.3) is 0 Å². The van der Waals surface area contributed by atoms with Gasteiger partial charge in [0.1, 0.15) is 0 Å². The topological polar surface area (TPSA) is 0 Å². The molecule has 0 spiro atoms. The zero-order valence-corrected chi connectivity index (χ0v) is 44.4. The van der Waals surface area contributed by atoms with E-state index in [9.17, 15) is 0 Å². The summed E-state index contributed by atoms with van der Waals surface area (Å²) < 4.78 is 0. The zero-order chi connectivity index (χ0) is 44.5. The van der Waals surface area contributed by atoms with Gasteiger partial charge in [0, 0.05) is 10.8 Å². The van der Waals surface area contributed by atoms with Gasteiger partial charge in [-0.3, -0.25) is 11.8 Å². The summed E-state index contributed by atoms with van der Waals surface area (Å²) in [4.78, 5) is 0. The van der Waals surface area contributed by atoms with E-state index in [-0.39, 0.29) is 55.6 Å². The third-order valence-electron chi connectivity index (χ3n) is 13.0. The molecule has 0 aromatic heterocycles. The van der Waals surface area contributed by atoms with E-state index in [1.54, 1.807) is 0 Å². The van der Waals surface area contributed by atoms with Crippen LogP contribution in [0.25, 0.3) is 22.3 Å². The van der Waals surface area contributed by atoms with Gasteiger partial charge in [0.15, 0.2) is 0 Å². The largest absolute Gasteiger partial charge is 1.00 e. The summed E-state index contributed by atoms with van der Waals surface area (Å²) in [5.41, 5.74) is 12.3. The van der Waals surface area contributed by atoms with E-state index in [4.69, 9.17) is 12.8 Å². The van der Waals surface area contributed by atoms with E-state index in [2.05, 4.69) is 234 Å². The molecule has 2 aliphatic rings. The van der Waals surface area contributed by atoms with Gasteiger partial charge in [0.05, 0.1) is 49.4 Å². The molecule has 0 radical (unpaired) electrons. The van der Waals surface area contributed by atoms with Crippen molar-refractivity contribution < 1.29 is 44.8 Å². The second kappa shape index (κ2) is 23.3. The van der Waals surface area contributed by atoms with Gasteiger partial charge in [-0.2, -0.15) is 0 Å². The van der Waals surface area contributed by atoms with Crippen molar-refractivity contribution in [1.82, 2.24) is 0 Å². The van der Waals surface area contributed by atoms with Crippen LogP contribution in [0.3, 0.4) is 0 Å². The van der Waals surface area contributed by atoms with Crippen LogP contribution in [0, 0.1) is 24.7 Å². The van der Waals surface area contributed by atoms with Gasteiger partial charge >= 0.3 is 44.8 Å². The summed E-state index contributed by atoms with van der Waals surface area (Å²) in [5.74, 6) is 4.94.